The molecule has 1 aromatic rings. The van der Waals surface area contributed by atoms with Crippen LogP contribution in [0.25, 0.3) is 0 Å². The number of aryl methyl sites for hydroxylation is 1. The van der Waals surface area contributed by atoms with E-state index in [0.29, 0.717) is 24.8 Å². The Morgan fingerprint density at radius 2 is 1.93 bits per heavy atom. The Morgan fingerprint density at radius 3 is 2.41 bits per heavy atom. The Bertz CT molecular complexity index is 948. The van der Waals surface area contributed by atoms with Gasteiger partial charge in [-0.2, -0.15) is 9.40 Å². The first kappa shape index (κ1) is 21.7. The number of carbonyl (C=O) groups is 2. The van der Waals surface area contributed by atoms with Gasteiger partial charge in [-0.25, -0.2) is 8.42 Å². The van der Waals surface area contributed by atoms with Crippen molar-refractivity contribution in [3.05, 3.63) is 17.0 Å². The summed E-state index contributed by atoms with van der Waals surface area (Å²) in [6, 6.07) is 0. The van der Waals surface area contributed by atoms with Gasteiger partial charge in [0.2, 0.25) is 10.0 Å². The molecule has 1 aliphatic heterocycles. The van der Waals surface area contributed by atoms with Crippen LogP contribution in [0.5, 0.6) is 0 Å². The molecule has 2 heterocycles. The van der Waals surface area contributed by atoms with Crippen molar-refractivity contribution >= 4 is 21.8 Å². The maximum atomic E-state index is 13.3. The van der Waals surface area contributed by atoms with Gasteiger partial charge in [-0.1, -0.05) is 0 Å². The fourth-order valence-corrected chi connectivity index (χ4v) is 5.95. The van der Waals surface area contributed by atoms with E-state index >= 15 is 0 Å². The minimum Gasteiger partial charge on any atom is -0.394 e. The average molecular weight is 429 g/mol. The van der Waals surface area contributed by atoms with Gasteiger partial charge in [-0.05, 0) is 26.2 Å². The van der Waals surface area contributed by atoms with E-state index in [-0.39, 0.29) is 24.5 Å². The molecule has 0 atom stereocenters. The molecule has 1 aromatic heterocycles. The fourth-order valence-electron chi connectivity index (χ4n) is 3.73. The average Bonchev–Trinajstić information content (AvgIpc) is 3.39. The molecule has 162 valence electrons. The standard InChI is InChI=1S/C17H27N5O6S/c1-16(9-23,10-24)21(3)29(27,28)17(5-6-17)8-22-7-4-11-12(14(18)25)19-20(2)13(11)15(22)26/h23-24H,4-10H2,1-3H3,(H2,18,25). The molecule has 0 aromatic carbocycles. The first-order chi connectivity index (χ1) is 13.4. The molecule has 1 saturated carbocycles. The van der Waals surface area contributed by atoms with E-state index in [9.17, 15) is 28.2 Å². The van der Waals surface area contributed by atoms with Gasteiger partial charge in [0.05, 0.1) is 18.8 Å². The number of nitrogens with two attached hydrogens (primary N) is 1. The van der Waals surface area contributed by atoms with Crippen LogP contribution in [0.3, 0.4) is 0 Å². The monoisotopic (exact) mass is 429 g/mol. The lowest BCUT2D eigenvalue weighted by molar-refractivity contribution is 0.0589. The number of carbonyl (C=O) groups excluding carboxylic acids is 2. The van der Waals surface area contributed by atoms with Crippen LogP contribution in [0.1, 0.15) is 46.3 Å². The molecule has 2 amide bonds. The topological polar surface area (TPSA) is 159 Å². The van der Waals surface area contributed by atoms with Gasteiger partial charge >= 0.3 is 0 Å². The van der Waals surface area contributed by atoms with Crippen LogP contribution in [-0.4, -0.2) is 93.1 Å². The number of nitrogens with zero attached hydrogens (tertiary/aromatic N) is 4. The summed E-state index contributed by atoms with van der Waals surface area (Å²) in [6.07, 6.45) is 1.10. The number of primary amides is 1. The Balaban J connectivity index is 1.87. The van der Waals surface area contributed by atoms with Crippen molar-refractivity contribution in [3.63, 3.8) is 0 Å². The highest BCUT2D eigenvalue weighted by atomic mass is 32.2. The molecule has 1 aliphatic carbocycles. The summed E-state index contributed by atoms with van der Waals surface area (Å²) in [4.78, 5) is 26.0. The summed E-state index contributed by atoms with van der Waals surface area (Å²) in [5, 5.41) is 23.2. The summed E-state index contributed by atoms with van der Waals surface area (Å²) in [7, 11) is -1.03. The fraction of sp³-hybridized carbons (Fsp3) is 0.706. The maximum absolute atomic E-state index is 13.3. The Morgan fingerprint density at radius 1 is 1.34 bits per heavy atom. The van der Waals surface area contributed by atoms with E-state index in [4.69, 9.17) is 5.73 Å². The molecule has 2 aliphatic rings. The quantitative estimate of drug-likeness (QED) is 0.433. The van der Waals surface area contributed by atoms with Crippen molar-refractivity contribution in [2.24, 2.45) is 12.8 Å². The SMILES string of the molecule is CN(C(C)(CO)CO)S(=O)(=O)C1(CN2CCc3c(C(N)=O)nn(C)c3C2=O)CC1. The third-order valence-electron chi connectivity index (χ3n) is 6.14. The van der Waals surface area contributed by atoms with Crippen LogP contribution >= 0.6 is 0 Å². The van der Waals surface area contributed by atoms with Crippen LogP contribution in [0.4, 0.5) is 0 Å². The molecule has 29 heavy (non-hydrogen) atoms. The number of sulfonamides is 1. The highest BCUT2D eigenvalue weighted by Crippen LogP contribution is 2.47. The first-order valence-corrected chi connectivity index (χ1v) is 10.7. The third kappa shape index (κ3) is 3.23. The number of fused-ring (bicyclic) bond motifs is 1. The first-order valence-electron chi connectivity index (χ1n) is 9.29. The van der Waals surface area contributed by atoms with Gasteiger partial charge in [0.15, 0.2) is 5.69 Å². The number of hydrogen-bond donors (Lipinski definition) is 3. The summed E-state index contributed by atoms with van der Waals surface area (Å²) >= 11 is 0. The smallest absolute Gasteiger partial charge is 0.272 e. The minimum atomic E-state index is -3.90. The molecule has 0 saturated heterocycles. The number of aliphatic hydroxyl groups excluding tert-OH is 2. The van der Waals surface area contributed by atoms with E-state index in [1.165, 1.54) is 30.6 Å². The zero-order chi connectivity index (χ0) is 21.8. The van der Waals surface area contributed by atoms with Crippen LogP contribution < -0.4 is 5.73 Å². The van der Waals surface area contributed by atoms with Crippen molar-refractivity contribution in [2.45, 2.75) is 36.5 Å². The Labute approximate surface area is 169 Å². The summed E-state index contributed by atoms with van der Waals surface area (Å²) in [5.41, 5.74) is 4.78. The number of aliphatic hydroxyl groups is 2. The maximum Gasteiger partial charge on any atom is 0.272 e. The molecule has 1 fully saturated rings. The second-order valence-electron chi connectivity index (χ2n) is 8.11. The number of hydrogen-bond acceptors (Lipinski definition) is 7. The van der Waals surface area contributed by atoms with E-state index < -0.39 is 45.3 Å². The largest absolute Gasteiger partial charge is 0.394 e. The van der Waals surface area contributed by atoms with E-state index in [2.05, 4.69) is 5.10 Å². The molecule has 0 unspecified atom stereocenters. The number of likely N-dealkylation sites (N-methyl/N-ethyl adjacent to an activating group) is 1. The summed E-state index contributed by atoms with van der Waals surface area (Å²) < 4.78 is 27.7. The molecule has 3 rings (SSSR count). The Hall–Kier alpha value is -2.02. The van der Waals surface area contributed by atoms with Gasteiger partial charge in [0.1, 0.15) is 10.4 Å². The minimum absolute atomic E-state index is 0.0119. The van der Waals surface area contributed by atoms with Crippen molar-refractivity contribution < 1.29 is 28.2 Å². The second-order valence-corrected chi connectivity index (χ2v) is 10.5. The number of rotatable bonds is 8. The molecule has 0 radical (unpaired) electrons. The van der Waals surface area contributed by atoms with Crippen molar-refractivity contribution in [3.8, 4) is 0 Å². The molecule has 12 heteroatoms. The van der Waals surface area contributed by atoms with Gasteiger partial charge in [-0.15, -0.1) is 0 Å². The summed E-state index contributed by atoms with van der Waals surface area (Å²) in [5.74, 6) is -1.11. The van der Waals surface area contributed by atoms with E-state index in [1.54, 1.807) is 0 Å². The number of amides is 2. The molecule has 4 N–H and O–H groups in total. The molecule has 0 bridgehead atoms. The third-order valence-corrected chi connectivity index (χ3v) is 8.93. The normalized spacial score (nSPS) is 18.8. The molecular weight excluding hydrogens is 402 g/mol. The second kappa shape index (κ2) is 7.04. The van der Waals surface area contributed by atoms with Crippen molar-refractivity contribution in [1.82, 2.24) is 19.0 Å². The van der Waals surface area contributed by atoms with Crippen molar-refractivity contribution in [1.29, 1.82) is 0 Å². The van der Waals surface area contributed by atoms with E-state index in [1.807, 2.05) is 0 Å². The molecule has 11 nitrogen and oxygen atoms in total. The summed E-state index contributed by atoms with van der Waals surface area (Å²) in [6.45, 7) is 0.621. The zero-order valence-corrected chi connectivity index (χ0v) is 17.6. The lowest BCUT2D eigenvalue weighted by atomic mass is 10.0. The highest BCUT2D eigenvalue weighted by Gasteiger charge is 2.60. The highest BCUT2D eigenvalue weighted by molar-refractivity contribution is 7.90. The lowest BCUT2D eigenvalue weighted by Crippen LogP contribution is -2.57. The van der Waals surface area contributed by atoms with Crippen LogP contribution in [-0.2, 0) is 23.5 Å². The van der Waals surface area contributed by atoms with Crippen molar-refractivity contribution in [2.75, 3.05) is 33.4 Å². The van der Waals surface area contributed by atoms with Gasteiger partial charge in [0, 0.05) is 32.7 Å². The number of aromatic nitrogens is 2. The zero-order valence-electron chi connectivity index (χ0n) is 16.8. The molecular formula is C17H27N5O6S. The van der Waals surface area contributed by atoms with E-state index in [0.717, 1.165) is 4.31 Å². The predicted molar refractivity (Wildman–Crippen MR) is 103 cm³/mol. The molecule has 0 spiro atoms. The van der Waals surface area contributed by atoms with Crippen LogP contribution in [0.2, 0.25) is 0 Å². The van der Waals surface area contributed by atoms with Gasteiger partial charge in [-0.3, -0.25) is 14.3 Å². The van der Waals surface area contributed by atoms with Crippen LogP contribution in [0.15, 0.2) is 0 Å². The predicted octanol–water partition coefficient (Wildman–Crippen LogP) is -1.95. The van der Waals surface area contributed by atoms with Gasteiger partial charge in [0.25, 0.3) is 11.8 Å². The lowest BCUT2D eigenvalue weighted by Gasteiger charge is -2.39. The van der Waals surface area contributed by atoms with Crippen LogP contribution in [0, 0.1) is 0 Å². The Kier molecular flexibility index (Phi) is 5.27. The van der Waals surface area contributed by atoms with Gasteiger partial charge < -0.3 is 20.8 Å².